The summed E-state index contributed by atoms with van der Waals surface area (Å²) in [6, 6.07) is -0.890. The minimum Gasteiger partial charge on any atom is -0.356 e. The Bertz CT molecular complexity index is 877. The summed E-state index contributed by atoms with van der Waals surface area (Å²) in [6.45, 7) is 8.50. The molecule has 0 aromatic heterocycles. The number of rotatable bonds is 7. The van der Waals surface area contributed by atoms with Crippen LogP contribution in [0.3, 0.4) is 0 Å². The Morgan fingerprint density at radius 2 is 1.94 bits per heavy atom. The van der Waals surface area contributed by atoms with Gasteiger partial charge in [0.15, 0.2) is 0 Å². The van der Waals surface area contributed by atoms with Gasteiger partial charge in [0.1, 0.15) is 12.1 Å². The average molecular weight is 486 g/mol. The van der Waals surface area contributed by atoms with Crippen LogP contribution in [0.1, 0.15) is 47.5 Å². The van der Waals surface area contributed by atoms with E-state index in [0.717, 1.165) is 0 Å². The number of hydrogen-bond acceptors (Lipinski definition) is 5. The second kappa shape index (κ2) is 9.02. The van der Waals surface area contributed by atoms with Crippen molar-refractivity contribution in [2.24, 2.45) is 28.6 Å². The van der Waals surface area contributed by atoms with Gasteiger partial charge in [0.2, 0.25) is 17.7 Å². The number of nitrogens with one attached hydrogen (secondary N) is 3. The molecule has 2 saturated heterocycles. The lowest BCUT2D eigenvalue weighted by Gasteiger charge is -2.38. The van der Waals surface area contributed by atoms with Gasteiger partial charge in [-0.3, -0.25) is 19.7 Å². The zero-order valence-electron chi connectivity index (χ0n) is 20.3. The number of amides is 3. The van der Waals surface area contributed by atoms with E-state index in [-0.39, 0.29) is 42.0 Å². The second-order valence-electron chi connectivity index (χ2n) is 11.4. The Hall–Kier alpha value is -2.35. The maximum absolute atomic E-state index is 13.5. The molecular weight excluding hydrogens is 451 g/mol. The highest BCUT2D eigenvalue weighted by Crippen LogP contribution is 2.65. The molecule has 8 nitrogen and oxygen atoms in total. The van der Waals surface area contributed by atoms with Gasteiger partial charge >= 0.3 is 6.18 Å². The van der Waals surface area contributed by atoms with Crippen LogP contribution < -0.4 is 16.0 Å². The average Bonchev–Trinajstić information content (AvgIpc) is 3.07. The lowest BCUT2D eigenvalue weighted by atomic mass is 9.85. The van der Waals surface area contributed by atoms with Crippen LogP contribution in [0.25, 0.3) is 0 Å². The molecule has 1 aliphatic carbocycles. The summed E-state index contributed by atoms with van der Waals surface area (Å²) in [5.41, 5.74) is -1.01. The summed E-state index contributed by atoms with van der Waals surface area (Å²) in [6.07, 6.45) is -3.73. The predicted molar refractivity (Wildman–Crippen MR) is 117 cm³/mol. The van der Waals surface area contributed by atoms with E-state index in [1.165, 1.54) is 4.90 Å². The van der Waals surface area contributed by atoms with Crippen LogP contribution in [0.15, 0.2) is 0 Å². The molecule has 0 bridgehead atoms. The van der Waals surface area contributed by atoms with Gasteiger partial charge in [-0.1, -0.05) is 34.6 Å². The fraction of sp³-hybridized carbons (Fsp3) is 0.826. The molecule has 2 aliphatic heterocycles. The molecule has 3 rings (SSSR count). The molecule has 0 aromatic carbocycles. The number of hydrogen-bond donors (Lipinski definition) is 3. The number of piperidine rings is 1. The molecule has 0 spiro atoms. The Balaban J connectivity index is 1.77. The van der Waals surface area contributed by atoms with Crippen LogP contribution in [0.5, 0.6) is 0 Å². The van der Waals surface area contributed by atoms with Crippen molar-refractivity contribution >= 4 is 17.7 Å². The SMILES string of the molecule is CC(C)(C)C(NCC(F)(F)F)C(=O)N1C[C@H]2[C@@H]([C@H]1C(=O)NC(C#N)C[C@@H]1CCNC1=O)C2(C)C. The van der Waals surface area contributed by atoms with Crippen molar-refractivity contribution in [1.29, 1.82) is 5.26 Å². The van der Waals surface area contributed by atoms with Gasteiger partial charge in [-0.25, -0.2) is 0 Å². The predicted octanol–water partition coefficient (Wildman–Crippen LogP) is 1.57. The molecule has 0 aromatic rings. The third-order valence-electron chi connectivity index (χ3n) is 7.54. The normalized spacial score (nSPS) is 29.6. The van der Waals surface area contributed by atoms with Crippen molar-refractivity contribution in [3.63, 3.8) is 0 Å². The topological polar surface area (TPSA) is 114 Å². The first kappa shape index (κ1) is 26.3. The molecular formula is C23H34F3N5O3. The van der Waals surface area contributed by atoms with Crippen LogP contribution in [0, 0.1) is 39.9 Å². The summed E-state index contributed by atoms with van der Waals surface area (Å²) in [5, 5.41) is 17.3. The number of alkyl halides is 3. The van der Waals surface area contributed by atoms with Gasteiger partial charge in [0.05, 0.1) is 18.7 Å². The zero-order valence-corrected chi connectivity index (χ0v) is 20.3. The minimum atomic E-state index is -4.48. The highest BCUT2D eigenvalue weighted by molar-refractivity contribution is 5.92. The van der Waals surface area contributed by atoms with Crippen molar-refractivity contribution < 1.29 is 27.6 Å². The maximum atomic E-state index is 13.5. The molecule has 3 N–H and O–H groups in total. The molecule has 11 heteroatoms. The largest absolute Gasteiger partial charge is 0.401 e. The number of nitriles is 1. The van der Waals surface area contributed by atoms with Crippen molar-refractivity contribution in [1.82, 2.24) is 20.9 Å². The highest BCUT2D eigenvalue weighted by Gasteiger charge is 2.69. The standard InChI is InChI=1S/C23H34F3N5O3/c1-21(2,3)17(29-11-23(24,25)26)20(34)31-10-14-15(22(14,4)5)16(31)19(33)30-13(9-27)8-12-6-7-28-18(12)32/h12-17,29H,6-8,10-11H2,1-5H3,(H,28,32)(H,30,33)/t12-,13?,14-,15-,16-,17?/m0/s1. The molecule has 3 aliphatic rings. The van der Waals surface area contributed by atoms with E-state index in [1.807, 2.05) is 19.9 Å². The molecule has 3 fully saturated rings. The van der Waals surface area contributed by atoms with Gasteiger partial charge in [0.25, 0.3) is 0 Å². The summed E-state index contributed by atoms with van der Waals surface area (Å²) in [5.74, 6) is -1.67. The number of likely N-dealkylation sites (tertiary alicyclic amines) is 1. The lowest BCUT2D eigenvalue weighted by Crippen LogP contribution is -2.59. The van der Waals surface area contributed by atoms with Crippen molar-refractivity contribution in [3.8, 4) is 6.07 Å². The Morgan fingerprint density at radius 3 is 2.44 bits per heavy atom. The molecule has 2 unspecified atom stereocenters. The molecule has 2 heterocycles. The van der Waals surface area contributed by atoms with E-state index < -0.39 is 48.1 Å². The molecule has 1 saturated carbocycles. The van der Waals surface area contributed by atoms with Crippen LogP contribution in [0.2, 0.25) is 0 Å². The molecule has 6 atom stereocenters. The molecule has 3 amide bonds. The molecule has 190 valence electrons. The van der Waals surface area contributed by atoms with Gasteiger partial charge in [0, 0.05) is 19.0 Å². The summed E-state index contributed by atoms with van der Waals surface area (Å²) >= 11 is 0. The van der Waals surface area contributed by atoms with E-state index in [2.05, 4.69) is 16.0 Å². The van der Waals surface area contributed by atoms with E-state index >= 15 is 0 Å². The quantitative estimate of drug-likeness (QED) is 0.507. The number of carbonyl (C=O) groups is 3. The van der Waals surface area contributed by atoms with Crippen molar-refractivity contribution in [3.05, 3.63) is 0 Å². The first-order chi connectivity index (χ1) is 15.6. The van der Waals surface area contributed by atoms with E-state index in [9.17, 15) is 32.8 Å². The minimum absolute atomic E-state index is 0.0524. The van der Waals surface area contributed by atoms with Crippen molar-refractivity contribution in [2.45, 2.75) is 71.8 Å². The first-order valence-electron chi connectivity index (χ1n) is 11.7. The monoisotopic (exact) mass is 485 g/mol. The van der Waals surface area contributed by atoms with Crippen molar-refractivity contribution in [2.75, 3.05) is 19.6 Å². The number of nitrogens with zero attached hydrogens (tertiary/aromatic N) is 2. The maximum Gasteiger partial charge on any atom is 0.401 e. The number of carbonyl (C=O) groups excluding carboxylic acids is 3. The summed E-state index contributed by atoms with van der Waals surface area (Å²) < 4.78 is 38.7. The van der Waals surface area contributed by atoms with Gasteiger partial charge in [-0.2, -0.15) is 18.4 Å². The smallest absolute Gasteiger partial charge is 0.356 e. The van der Waals surface area contributed by atoms with E-state index in [4.69, 9.17) is 0 Å². The number of halogens is 3. The third kappa shape index (κ3) is 5.32. The lowest BCUT2D eigenvalue weighted by molar-refractivity contribution is -0.147. The Labute approximate surface area is 198 Å². The Morgan fingerprint density at radius 1 is 1.29 bits per heavy atom. The second-order valence-corrected chi connectivity index (χ2v) is 11.4. The van der Waals surface area contributed by atoms with Crippen LogP contribution >= 0.6 is 0 Å². The Kier molecular flexibility index (Phi) is 6.97. The summed E-state index contributed by atoms with van der Waals surface area (Å²) in [4.78, 5) is 40.1. The number of fused-ring (bicyclic) bond motifs is 1. The van der Waals surface area contributed by atoms with Crippen LogP contribution in [-0.2, 0) is 14.4 Å². The highest BCUT2D eigenvalue weighted by atomic mass is 19.4. The van der Waals surface area contributed by atoms with Gasteiger partial charge < -0.3 is 15.5 Å². The molecule has 34 heavy (non-hydrogen) atoms. The zero-order chi connectivity index (χ0) is 25.6. The van der Waals surface area contributed by atoms with Crippen LogP contribution in [-0.4, -0.2) is 66.6 Å². The van der Waals surface area contributed by atoms with Gasteiger partial charge in [-0.05, 0) is 35.5 Å². The first-order valence-corrected chi connectivity index (χ1v) is 11.7. The van der Waals surface area contributed by atoms with E-state index in [0.29, 0.717) is 13.0 Å². The fourth-order valence-corrected chi connectivity index (χ4v) is 5.52. The third-order valence-corrected chi connectivity index (χ3v) is 7.54. The van der Waals surface area contributed by atoms with Gasteiger partial charge in [-0.15, -0.1) is 0 Å². The fourth-order valence-electron chi connectivity index (χ4n) is 5.52. The van der Waals surface area contributed by atoms with E-state index in [1.54, 1.807) is 20.8 Å². The summed E-state index contributed by atoms with van der Waals surface area (Å²) in [7, 11) is 0. The van der Waals surface area contributed by atoms with Crippen LogP contribution in [0.4, 0.5) is 13.2 Å². The molecule has 0 radical (unpaired) electrons.